The lowest BCUT2D eigenvalue weighted by atomic mass is 9.98. The SMILES string of the molecule is CCC(NS(=O)(=O)c1ccc(F)cc1)C(=O)N1CCCCC1CCO. The molecule has 6 nitrogen and oxygen atoms in total. The topological polar surface area (TPSA) is 86.7 Å². The van der Waals surface area contributed by atoms with E-state index in [4.69, 9.17) is 0 Å². The van der Waals surface area contributed by atoms with Crippen molar-refractivity contribution in [2.45, 2.75) is 56.0 Å². The van der Waals surface area contributed by atoms with Crippen LogP contribution >= 0.6 is 0 Å². The van der Waals surface area contributed by atoms with Crippen molar-refractivity contribution < 1.29 is 22.7 Å². The van der Waals surface area contributed by atoms with Crippen molar-refractivity contribution in [1.82, 2.24) is 9.62 Å². The van der Waals surface area contributed by atoms with E-state index in [0.717, 1.165) is 31.4 Å². The Morgan fingerprint density at radius 1 is 1.36 bits per heavy atom. The Morgan fingerprint density at radius 3 is 2.64 bits per heavy atom. The predicted molar refractivity (Wildman–Crippen MR) is 91.9 cm³/mol. The number of sulfonamides is 1. The van der Waals surface area contributed by atoms with Crippen molar-refractivity contribution in [2.24, 2.45) is 0 Å². The van der Waals surface area contributed by atoms with Gasteiger partial charge in [0.2, 0.25) is 15.9 Å². The molecule has 1 aliphatic heterocycles. The molecule has 2 atom stereocenters. The zero-order chi connectivity index (χ0) is 18.4. The third-order valence-corrected chi connectivity index (χ3v) is 5.99. The standard InChI is InChI=1S/C17H25FN2O4S/c1-2-16(17(22)20-11-4-3-5-14(20)10-12-21)19-25(23,24)15-8-6-13(18)7-9-15/h6-9,14,16,19,21H,2-5,10-12H2,1H3. The van der Waals surface area contributed by atoms with E-state index >= 15 is 0 Å². The molecule has 140 valence electrons. The quantitative estimate of drug-likeness (QED) is 0.762. The first-order chi connectivity index (χ1) is 11.9. The van der Waals surface area contributed by atoms with Gasteiger partial charge in [-0.05, 0) is 56.4 Å². The first-order valence-electron chi connectivity index (χ1n) is 8.58. The predicted octanol–water partition coefficient (Wildman–Crippen LogP) is 1.65. The third-order valence-electron chi connectivity index (χ3n) is 4.50. The van der Waals surface area contributed by atoms with Gasteiger partial charge in [-0.2, -0.15) is 4.72 Å². The molecule has 0 aromatic heterocycles. The summed E-state index contributed by atoms with van der Waals surface area (Å²) in [5.74, 6) is -0.798. The molecular weight excluding hydrogens is 347 g/mol. The van der Waals surface area contributed by atoms with Gasteiger partial charge in [-0.25, -0.2) is 12.8 Å². The number of carbonyl (C=O) groups is 1. The molecule has 2 unspecified atom stereocenters. The van der Waals surface area contributed by atoms with Crippen LogP contribution < -0.4 is 4.72 Å². The molecule has 2 N–H and O–H groups in total. The fourth-order valence-corrected chi connectivity index (χ4v) is 4.39. The van der Waals surface area contributed by atoms with Crippen LogP contribution in [0.2, 0.25) is 0 Å². The number of benzene rings is 1. The molecule has 1 heterocycles. The number of likely N-dealkylation sites (tertiary alicyclic amines) is 1. The molecule has 1 fully saturated rings. The molecule has 0 saturated carbocycles. The second-order valence-electron chi connectivity index (χ2n) is 6.23. The van der Waals surface area contributed by atoms with Gasteiger partial charge in [0.25, 0.3) is 0 Å². The van der Waals surface area contributed by atoms with Gasteiger partial charge in [0, 0.05) is 19.2 Å². The summed E-state index contributed by atoms with van der Waals surface area (Å²) in [6.07, 6.45) is 3.48. The van der Waals surface area contributed by atoms with E-state index in [-0.39, 0.29) is 23.5 Å². The van der Waals surface area contributed by atoms with E-state index in [9.17, 15) is 22.7 Å². The lowest BCUT2D eigenvalue weighted by molar-refractivity contribution is -0.137. The van der Waals surface area contributed by atoms with Gasteiger partial charge in [0.15, 0.2) is 0 Å². The number of rotatable bonds is 7. The number of hydrogen-bond acceptors (Lipinski definition) is 4. The Kier molecular flexibility index (Phi) is 6.92. The number of hydrogen-bond donors (Lipinski definition) is 2. The Labute approximate surface area is 148 Å². The third kappa shape index (κ3) is 4.99. The summed E-state index contributed by atoms with van der Waals surface area (Å²) in [6.45, 7) is 2.30. The number of nitrogens with one attached hydrogen (secondary N) is 1. The first-order valence-corrected chi connectivity index (χ1v) is 10.1. The fraction of sp³-hybridized carbons (Fsp3) is 0.588. The number of carbonyl (C=O) groups excluding carboxylic acids is 1. The largest absolute Gasteiger partial charge is 0.396 e. The van der Waals surface area contributed by atoms with Crippen LogP contribution in [0.4, 0.5) is 4.39 Å². The van der Waals surface area contributed by atoms with Gasteiger partial charge in [-0.1, -0.05) is 6.92 Å². The molecule has 2 rings (SSSR count). The average molecular weight is 372 g/mol. The number of aliphatic hydroxyl groups is 1. The molecule has 1 aromatic rings. The van der Waals surface area contributed by atoms with Crippen molar-refractivity contribution in [3.05, 3.63) is 30.1 Å². The molecule has 1 amide bonds. The van der Waals surface area contributed by atoms with Crippen molar-refractivity contribution in [2.75, 3.05) is 13.2 Å². The molecular formula is C17H25FN2O4S. The van der Waals surface area contributed by atoms with Crippen LogP contribution in [0.3, 0.4) is 0 Å². The van der Waals surface area contributed by atoms with Crippen LogP contribution in [-0.2, 0) is 14.8 Å². The van der Waals surface area contributed by atoms with E-state index in [1.54, 1.807) is 11.8 Å². The Bertz CT molecular complexity index is 676. The van der Waals surface area contributed by atoms with Crippen LogP contribution in [0, 0.1) is 5.82 Å². The van der Waals surface area contributed by atoms with Gasteiger partial charge in [0.1, 0.15) is 11.9 Å². The highest BCUT2D eigenvalue weighted by Crippen LogP contribution is 2.21. The van der Waals surface area contributed by atoms with E-state index in [1.165, 1.54) is 12.1 Å². The monoisotopic (exact) mass is 372 g/mol. The Balaban J connectivity index is 2.14. The van der Waals surface area contributed by atoms with E-state index < -0.39 is 21.9 Å². The normalized spacial score (nSPS) is 19.6. The highest BCUT2D eigenvalue weighted by Gasteiger charge is 2.32. The lowest BCUT2D eigenvalue weighted by Gasteiger charge is -2.37. The zero-order valence-electron chi connectivity index (χ0n) is 14.3. The van der Waals surface area contributed by atoms with E-state index in [2.05, 4.69) is 4.72 Å². The van der Waals surface area contributed by atoms with Gasteiger partial charge in [0.05, 0.1) is 4.90 Å². The van der Waals surface area contributed by atoms with Crippen LogP contribution in [0.15, 0.2) is 29.2 Å². The number of halogens is 1. The molecule has 0 aliphatic carbocycles. The van der Waals surface area contributed by atoms with Gasteiger partial charge >= 0.3 is 0 Å². The molecule has 0 spiro atoms. The second-order valence-corrected chi connectivity index (χ2v) is 7.94. The molecule has 0 bridgehead atoms. The van der Waals surface area contributed by atoms with Gasteiger partial charge in [-0.3, -0.25) is 4.79 Å². The summed E-state index contributed by atoms with van der Waals surface area (Å²) < 4.78 is 40.4. The minimum atomic E-state index is -3.92. The summed E-state index contributed by atoms with van der Waals surface area (Å²) >= 11 is 0. The summed E-state index contributed by atoms with van der Waals surface area (Å²) in [6, 6.07) is 3.54. The highest BCUT2D eigenvalue weighted by atomic mass is 32.2. The van der Waals surface area contributed by atoms with Gasteiger partial charge < -0.3 is 10.0 Å². The minimum absolute atomic E-state index is 0.00740. The number of aliphatic hydroxyl groups excluding tert-OH is 1. The van der Waals surface area contributed by atoms with Crippen LogP contribution in [-0.4, -0.2) is 49.6 Å². The molecule has 1 aromatic carbocycles. The number of nitrogens with zero attached hydrogens (tertiary/aromatic N) is 1. The Hall–Kier alpha value is -1.51. The minimum Gasteiger partial charge on any atom is -0.396 e. The van der Waals surface area contributed by atoms with Gasteiger partial charge in [-0.15, -0.1) is 0 Å². The summed E-state index contributed by atoms with van der Waals surface area (Å²) in [7, 11) is -3.92. The van der Waals surface area contributed by atoms with Crippen molar-refractivity contribution >= 4 is 15.9 Å². The van der Waals surface area contributed by atoms with Crippen LogP contribution in [0.1, 0.15) is 39.0 Å². The first kappa shape index (κ1) is 19.8. The highest BCUT2D eigenvalue weighted by molar-refractivity contribution is 7.89. The summed E-state index contributed by atoms with van der Waals surface area (Å²) in [5.41, 5.74) is 0. The van der Waals surface area contributed by atoms with Crippen molar-refractivity contribution in [1.29, 1.82) is 0 Å². The average Bonchev–Trinajstić information content (AvgIpc) is 2.60. The molecule has 0 radical (unpaired) electrons. The smallest absolute Gasteiger partial charge is 0.241 e. The summed E-state index contributed by atoms with van der Waals surface area (Å²) in [4.78, 5) is 14.4. The van der Waals surface area contributed by atoms with E-state index in [1.807, 2.05) is 0 Å². The molecule has 1 aliphatic rings. The zero-order valence-corrected chi connectivity index (χ0v) is 15.1. The van der Waals surface area contributed by atoms with Crippen LogP contribution in [0.5, 0.6) is 0 Å². The maximum atomic E-state index is 13.0. The fourth-order valence-electron chi connectivity index (χ4n) is 3.12. The maximum Gasteiger partial charge on any atom is 0.241 e. The Morgan fingerprint density at radius 2 is 2.04 bits per heavy atom. The van der Waals surface area contributed by atoms with Crippen molar-refractivity contribution in [3.63, 3.8) is 0 Å². The molecule has 1 saturated heterocycles. The summed E-state index contributed by atoms with van der Waals surface area (Å²) in [5, 5.41) is 9.19. The second kappa shape index (κ2) is 8.73. The van der Waals surface area contributed by atoms with Crippen LogP contribution in [0.25, 0.3) is 0 Å². The number of piperidine rings is 1. The van der Waals surface area contributed by atoms with Crippen molar-refractivity contribution in [3.8, 4) is 0 Å². The number of amides is 1. The molecule has 8 heteroatoms. The van der Waals surface area contributed by atoms with E-state index in [0.29, 0.717) is 19.4 Å². The molecule has 25 heavy (non-hydrogen) atoms. The lowest BCUT2D eigenvalue weighted by Crippen LogP contribution is -2.53. The maximum absolute atomic E-state index is 13.0.